The quantitative estimate of drug-likeness (QED) is 0.683. The average molecular weight is 321 g/mol. The Balaban J connectivity index is 2.13. The molecule has 1 heterocycles. The van der Waals surface area contributed by atoms with Crippen molar-refractivity contribution in [2.45, 2.75) is 32.4 Å². The highest BCUT2D eigenvalue weighted by molar-refractivity contribution is 7.98. The van der Waals surface area contributed by atoms with Crippen molar-refractivity contribution in [1.29, 1.82) is 0 Å². The molecule has 2 nitrogen and oxygen atoms in total. The zero-order valence-electron chi connectivity index (χ0n) is 12.9. The summed E-state index contributed by atoms with van der Waals surface area (Å²) in [5, 5.41) is 4.74. The number of hydrogen-bond donors (Lipinski definition) is 1. The minimum Gasteiger partial charge on any atom is -0.316 e. The van der Waals surface area contributed by atoms with E-state index in [9.17, 15) is 0 Å². The fraction of sp³-hybridized carbons (Fsp3) is 0.471. The van der Waals surface area contributed by atoms with Gasteiger partial charge in [-0.2, -0.15) is 11.8 Å². The maximum atomic E-state index is 4.89. The Labute approximate surface area is 136 Å². The summed E-state index contributed by atoms with van der Waals surface area (Å²) in [6.45, 7) is 6.54. The number of thiazole rings is 1. The Hall–Kier alpha value is -0.840. The molecule has 0 aliphatic carbocycles. The molecule has 0 saturated carbocycles. The van der Waals surface area contributed by atoms with Gasteiger partial charge in [-0.15, -0.1) is 11.3 Å². The second-order valence-corrected chi connectivity index (χ2v) is 7.32. The van der Waals surface area contributed by atoms with Crippen LogP contribution in [0.5, 0.6) is 0 Å². The van der Waals surface area contributed by atoms with Gasteiger partial charge >= 0.3 is 0 Å². The number of hydrogen-bond acceptors (Lipinski definition) is 4. The van der Waals surface area contributed by atoms with E-state index in [1.54, 1.807) is 0 Å². The molecule has 1 aromatic heterocycles. The molecule has 0 aliphatic heterocycles. The van der Waals surface area contributed by atoms with Crippen molar-refractivity contribution in [2.24, 2.45) is 0 Å². The van der Waals surface area contributed by atoms with Gasteiger partial charge in [0.1, 0.15) is 5.01 Å². The molecule has 0 fully saturated rings. The molecule has 0 aliphatic rings. The summed E-state index contributed by atoms with van der Waals surface area (Å²) in [5.41, 5.74) is 2.43. The lowest BCUT2D eigenvalue weighted by Gasteiger charge is -2.03. The van der Waals surface area contributed by atoms with Crippen molar-refractivity contribution in [3.63, 3.8) is 0 Å². The first-order valence-electron chi connectivity index (χ1n) is 7.67. The SMILES string of the molecule is CCCNCCc1sc(CSCC)nc1-c1ccccc1. The van der Waals surface area contributed by atoms with Crippen LogP contribution in [0.3, 0.4) is 0 Å². The summed E-state index contributed by atoms with van der Waals surface area (Å²) in [7, 11) is 0. The van der Waals surface area contributed by atoms with Gasteiger partial charge in [0.25, 0.3) is 0 Å². The second kappa shape index (κ2) is 9.23. The Kier molecular flexibility index (Phi) is 7.27. The fourth-order valence-corrected chi connectivity index (χ4v) is 3.96. The van der Waals surface area contributed by atoms with Crippen LogP contribution in [0.15, 0.2) is 30.3 Å². The molecular formula is C17H24N2S2. The van der Waals surface area contributed by atoms with Crippen LogP contribution in [-0.2, 0) is 12.2 Å². The van der Waals surface area contributed by atoms with E-state index >= 15 is 0 Å². The molecule has 0 atom stereocenters. The van der Waals surface area contributed by atoms with Crippen molar-refractivity contribution in [3.8, 4) is 11.3 Å². The molecule has 1 aromatic carbocycles. The smallest absolute Gasteiger partial charge is 0.103 e. The summed E-state index contributed by atoms with van der Waals surface area (Å²) < 4.78 is 0. The highest BCUT2D eigenvalue weighted by Crippen LogP contribution is 2.30. The van der Waals surface area contributed by atoms with Crippen LogP contribution >= 0.6 is 23.1 Å². The Bertz CT molecular complexity index is 523. The minimum absolute atomic E-state index is 1.03. The number of thioether (sulfide) groups is 1. The van der Waals surface area contributed by atoms with Crippen molar-refractivity contribution in [2.75, 3.05) is 18.8 Å². The number of nitrogens with zero attached hydrogens (tertiary/aromatic N) is 1. The summed E-state index contributed by atoms with van der Waals surface area (Å²) in [6.07, 6.45) is 2.26. The number of benzene rings is 1. The molecular weight excluding hydrogens is 296 g/mol. The zero-order chi connectivity index (χ0) is 14.9. The van der Waals surface area contributed by atoms with E-state index in [2.05, 4.69) is 49.5 Å². The molecule has 21 heavy (non-hydrogen) atoms. The topological polar surface area (TPSA) is 24.9 Å². The number of aromatic nitrogens is 1. The van der Waals surface area contributed by atoms with Gasteiger partial charge in [-0.25, -0.2) is 4.98 Å². The third-order valence-electron chi connectivity index (χ3n) is 3.17. The second-order valence-electron chi connectivity index (χ2n) is 4.88. The van der Waals surface area contributed by atoms with Gasteiger partial charge in [0.05, 0.1) is 5.69 Å². The van der Waals surface area contributed by atoms with E-state index in [0.29, 0.717) is 0 Å². The Morgan fingerprint density at radius 3 is 2.67 bits per heavy atom. The first-order valence-corrected chi connectivity index (χ1v) is 9.64. The molecule has 0 spiro atoms. The van der Waals surface area contributed by atoms with Crippen LogP contribution in [-0.4, -0.2) is 23.8 Å². The van der Waals surface area contributed by atoms with Crippen molar-refractivity contribution in [3.05, 3.63) is 40.2 Å². The van der Waals surface area contributed by atoms with E-state index < -0.39 is 0 Å². The summed E-state index contributed by atoms with van der Waals surface area (Å²) in [4.78, 5) is 6.30. The predicted octanol–water partition coefficient (Wildman–Crippen LogP) is 4.61. The van der Waals surface area contributed by atoms with Gasteiger partial charge in [0.2, 0.25) is 0 Å². The normalized spacial score (nSPS) is 11.0. The van der Waals surface area contributed by atoms with E-state index in [1.165, 1.54) is 27.6 Å². The van der Waals surface area contributed by atoms with Crippen LogP contribution in [0.1, 0.15) is 30.2 Å². The zero-order valence-corrected chi connectivity index (χ0v) is 14.5. The first kappa shape index (κ1) is 16.5. The molecule has 0 amide bonds. The van der Waals surface area contributed by atoms with E-state index in [0.717, 1.165) is 31.0 Å². The van der Waals surface area contributed by atoms with Crippen LogP contribution in [0.25, 0.3) is 11.3 Å². The number of rotatable bonds is 9. The number of nitrogens with one attached hydrogen (secondary N) is 1. The minimum atomic E-state index is 1.03. The molecule has 0 saturated heterocycles. The molecule has 2 aromatic rings. The van der Waals surface area contributed by atoms with Crippen molar-refractivity contribution in [1.82, 2.24) is 10.3 Å². The van der Waals surface area contributed by atoms with E-state index in [4.69, 9.17) is 4.98 Å². The van der Waals surface area contributed by atoms with Gasteiger partial charge in [0.15, 0.2) is 0 Å². The van der Waals surface area contributed by atoms with Crippen molar-refractivity contribution >= 4 is 23.1 Å². The summed E-state index contributed by atoms with van der Waals surface area (Å²) in [6, 6.07) is 10.6. The predicted molar refractivity (Wildman–Crippen MR) is 96.3 cm³/mol. The monoisotopic (exact) mass is 320 g/mol. The van der Waals surface area contributed by atoms with Gasteiger partial charge in [-0.1, -0.05) is 44.2 Å². The highest BCUT2D eigenvalue weighted by Gasteiger charge is 2.12. The van der Waals surface area contributed by atoms with Crippen LogP contribution in [0, 0.1) is 0 Å². The molecule has 4 heteroatoms. The van der Waals surface area contributed by atoms with Gasteiger partial charge in [0, 0.05) is 22.7 Å². The lowest BCUT2D eigenvalue weighted by molar-refractivity contribution is 0.674. The maximum absolute atomic E-state index is 4.89. The molecule has 0 unspecified atom stereocenters. The summed E-state index contributed by atoms with van der Waals surface area (Å²) in [5.74, 6) is 2.18. The maximum Gasteiger partial charge on any atom is 0.103 e. The largest absolute Gasteiger partial charge is 0.316 e. The standard InChI is InChI=1S/C17H24N2S2/c1-3-11-18-12-10-15-17(14-8-6-5-7-9-14)19-16(21-15)13-20-4-2/h5-9,18H,3-4,10-13H2,1-2H3. The lowest BCUT2D eigenvalue weighted by Crippen LogP contribution is -2.17. The van der Waals surface area contributed by atoms with Crippen molar-refractivity contribution < 1.29 is 0 Å². The highest BCUT2D eigenvalue weighted by atomic mass is 32.2. The van der Waals surface area contributed by atoms with Gasteiger partial charge < -0.3 is 5.32 Å². The third-order valence-corrected chi connectivity index (χ3v) is 5.36. The van der Waals surface area contributed by atoms with Crippen LogP contribution in [0.4, 0.5) is 0 Å². The third kappa shape index (κ3) is 5.13. The van der Waals surface area contributed by atoms with Gasteiger partial charge in [-0.05, 0) is 25.1 Å². The Morgan fingerprint density at radius 2 is 1.95 bits per heavy atom. The molecule has 114 valence electrons. The molecule has 2 rings (SSSR count). The van der Waals surface area contributed by atoms with E-state index in [1.807, 2.05) is 23.1 Å². The van der Waals surface area contributed by atoms with Crippen LogP contribution in [0.2, 0.25) is 0 Å². The fourth-order valence-electron chi connectivity index (χ4n) is 2.15. The summed E-state index contributed by atoms with van der Waals surface area (Å²) >= 11 is 3.82. The lowest BCUT2D eigenvalue weighted by atomic mass is 10.1. The van der Waals surface area contributed by atoms with Gasteiger partial charge in [-0.3, -0.25) is 0 Å². The molecule has 0 bridgehead atoms. The van der Waals surface area contributed by atoms with Crippen LogP contribution < -0.4 is 5.32 Å². The molecule has 0 radical (unpaired) electrons. The average Bonchev–Trinajstić information content (AvgIpc) is 2.93. The molecule has 1 N–H and O–H groups in total. The van der Waals surface area contributed by atoms with E-state index in [-0.39, 0.29) is 0 Å². The first-order chi connectivity index (χ1) is 10.3. The Morgan fingerprint density at radius 1 is 1.14 bits per heavy atom.